The Morgan fingerprint density at radius 3 is 2.67 bits per heavy atom. The van der Waals surface area contributed by atoms with E-state index >= 15 is 0 Å². The lowest BCUT2D eigenvalue weighted by Crippen LogP contribution is -2.32. The van der Waals surface area contributed by atoms with Gasteiger partial charge in [-0.05, 0) is 33.5 Å². The van der Waals surface area contributed by atoms with E-state index in [-0.39, 0.29) is 5.56 Å². The summed E-state index contributed by atoms with van der Waals surface area (Å²) >= 11 is 3.18. The molecule has 0 saturated carbocycles. The molecule has 0 atom stereocenters. The molecule has 1 aliphatic heterocycles. The lowest BCUT2D eigenvalue weighted by Gasteiger charge is -2.06. The summed E-state index contributed by atoms with van der Waals surface area (Å²) < 4.78 is 11.1. The molecule has 0 amide bonds. The Hall–Kier alpha value is -0.845. The molecular formula is C9H8BBrO4. The van der Waals surface area contributed by atoms with Crippen molar-refractivity contribution < 1.29 is 19.2 Å². The molecule has 1 N–H and O–H groups in total. The average molecular weight is 271 g/mol. The van der Waals surface area contributed by atoms with Crippen molar-refractivity contribution >= 4 is 34.5 Å². The Bertz CT molecular complexity index is 390. The van der Waals surface area contributed by atoms with E-state index in [2.05, 4.69) is 15.9 Å². The maximum Gasteiger partial charge on any atom is 0.494 e. The van der Waals surface area contributed by atoms with Crippen molar-refractivity contribution in [3.05, 3.63) is 28.2 Å². The van der Waals surface area contributed by atoms with Gasteiger partial charge in [-0.3, -0.25) is 0 Å². The molecule has 6 heteroatoms. The fraction of sp³-hybridized carbons (Fsp3) is 0.222. The Balaban J connectivity index is 2.33. The molecule has 0 radical (unpaired) electrons. The highest BCUT2D eigenvalue weighted by molar-refractivity contribution is 9.10. The molecule has 2 rings (SSSR count). The zero-order valence-electron chi connectivity index (χ0n) is 7.77. The standard InChI is InChI=1S/C9H8BBrO4/c11-8-2-1-6(5-7(8)9(12)13)10-14-3-4-15-10/h1-2,5H,3-4H2,(H,12,13). The zero-order chi connectivity index (χ0) is 10.8. The van der Waals surface area contributed by atoms with E-state index < -0.39 is 13.1 Å². The van der Waals surface area contributed by atoms with Crippen molar-refractivity contribution in [3.63, 3.8) is 0 Å². The Morgan fingerprint density at radius 2 is 2.07 bits per heavy atom. The summed E-state index contributed by atoms with van der Waals surface area (Å²) in [4.78, 5) is 10.9. The van der Waals surface area contributed by atoms with Gasteiger partial charge in [-0.25, -0.2) is 4.79 Å². The van der Waals surface area contributed by atoms with Crippen LogP contribution < -0.4 is 5.46 Å². The van der Waals surface area contributed by atoms with Gasteiger partial charge in [0, 0.05) is 4.47 Å². The molecule has 4 nitrogen and oxygen atoms in total. The summed E-state index contributed by atoms with van der Waals surface area (Å²) in [6, 6.07) is 5.03. The molecule has 1 fully saturated rings. The average Bonchev–Trinajstić information content (AvgIpc) is 2.71. The number of rotatable bonds is 2. The van der Waals surface area contributed by atoms with Crippen LogP contribution in [0.2, 0.25) is 0 Å². The topological polar surface area (TPSA) is 55.8 Å². The second-order valence-electron chi connectivity index (χ2n) is 3.12. The van der Waals surface area contributed by atoms with E-state index in [4.69, 9.17) is 14.4 Å². The van der Waals surface area contributed by atoms with E-state index in [1.54, 1.807) is 18.2 Å². The Morgan fingerprint density at radius 1 is 1.40 bits per heavy atom. The molecule has 0 aliphatic carbocycles. The second kappa shape index (κ2) is 4.34. The minimum absolute atomic E-state index is 0.214. The maximum absolute atomic E-state index is 10.9. The molecular weight excluding hydrogens is 263 g/mol. The van der Waals surface area contributed by atoms with Crippen molar-refractivity contribution in [2.45, 2.75) is 0 Å². The fourth-order valence-electron chi connectivity index (χ4n) is 1.40. The fourth-order valence-corrected chi connectivity index (χ4v) is 1.82. The van der Waals surface area contributed by atoms with Crippen LogP contribution in [-0.4, -0.2) is 31.4 Å². The maximum atomic E-state index is 10.9. The van der Waals surface area contributed by atoms with Crippen LogP contribution in [0.4, 0.5) is 0 Å². The molecule has 1 aromatic carbocycles. The molecule has 78 valence electrons. The Kier molecular flexibility index (Phi) is 3.09. The summed E-state index contributed by atoms with van der Waals surface area (Å²) in [6.07, 6.45) is 0. The minimum Gasteiger partial charge on any atom is -0.478 e. The van der Waals surface area contributed by atoms with Gasteiger partial charge >= 0.3 is 13.1 Å². The van der Waals surface area contributed by atoms with Gasteiger partial charge in [-0.2, -0.15) is 0 Å². The minimum atomic E-state index is -0.971. The van der Waals surface area contributed by atoms with E-state index in [9.17, 15) is 4.79 Å². The van der Waals surface area contributed by atoms with Crippen LogP contribution in [0, 0.1) is 0 Å². The van der Waals surface area contributed by atoms with Gasteiger partial charge in [-0.15, -0.1) is 0 Å². The predicted octanol–water partition coefficient (Wildman–Crippen LogP) is 0.889. The van der Waals surface area contributed by atoms with Crippen LogP contribution in [0.5, 0.6) is 0 Å². The summed E-state index contributed by atoms with van der Waals surface area (Å²) in [7, 11) is -0.434. The summed E-state index contributed by atoms with van der Waals surface area (Å²) in [5, 5.41) is 8.92. The van der Waals surface area contributed by atoms with E-state index in [0.29, 0.717) is 17.7 Å². The molecule has 15 heavy (non-hydrogen) atoms. The molecule has 1 saturated heterocycles. The molecule has 1 aromatic rings. The number of aromatic carboxylic acids is 1. The summed E-state index contributed by atoms with van der Waals surface area (Å²) in [5.74, 6) is -0.971. The normalized spacial score (nSPS) is 15.7. The Labute approximate surface area is 95.5 Å². The number of halogens is 1. The van der Waals surface area contributed by atoms with Gasteiger partial charge in [0.1, 0.15) is 0 Å². The number of hydrogen-bond donors (Lipinski definition) is 1. The van der Waals surface area contributed by atoms with E-state index in [0.717, 1.165) is 5.46 Å². The summed E-state index contributed by atoms with van der Waals surface area (Å²) in [6.45, 7) is 1.09. The first-order valence-corrected chi connectivity index (χ1v) is 5.24. The SMILES string of the molecule is O=C(O)c1cc(B2OCCO2)ccc1Br. The van der Waals surface area contributed by atoms with Gasteiger partial charge in [0.05, 0.1) is 18.8 Å². The number of benzene rings is 1. The highest BCUT2D eigenvalue weighted by Gasteiger charge is 2.27. The molecule has 0 spiro atoms. The lowest BCUT2D eigenvalue weighted by atomic mass is 9.79. The highest BCUT2D eigenvalue weighted by Crippen LogP contribution is 2.15. The number of hydrogen-bond acceptors (Lipinski definition) is 3. The van der Waals surface area contributed by atoms with Crippen LogP contribution in [0.25, 0.3) is 0 Å². The van der Waals surface area contributed by atoms with Crippen LogP contribution in [0.15, 0.2) is 22.7 Å². The van der Waals surface area contributed by atoms with Crippen LogP contribution in [-0.2, 0) is 9.31 Å². The monoisotopic (exact) mass is 270 g/mol. The van der Waals surface area contributed by atoms with Crippen LogP contribution in [0.1, 0.15) is 10.4 Å². The molecule has 1 aliphatic rings. The third-order valence-corrected chi connectivity index (χ3v) is 2.81. The molecule has 0 bridgehead atoms. The third kappa shape index (κ3) is 2.22. The van der Waals surface area contributed by atoms with E-state index in [1.807, 2.05) is 0 Å². The van der Waals surface area contributed by atoms with Gasteiger partial charge in [-0.1, -0.05) is 6.07 Å². The van der Waals surface area contributed by atoms with E-state index in [1.165, 1.54) is 0 Å². The largest absolute Gasteiger partial charge is 0.494 e. The second-order valence-corrected chi connectivity index (χ2v) is 3.97. The van der Waals surface area contributed by atoms with Crippen LogP contribution in [0.3, 0.4) is 0 Å². The third-order valence-electron chi connectivity index (χ3n) is 2.11. The van der Waals surface area contributed by atoms with Crippen LogP contribution >= 0.6 is 15.9 Å². The lowest BCUT2D eigenvalue weighted by molar-refractivity contribution is 0.0696. The zero-order valence-corrected chi connectivity index (χ0v) is 9.36. The van der Waals surface area contributed by atoms with Gasteiger partial charge in [0.25, 0.3) is 0 Å². The van der Waals surface area contributed by atoms with Gasteiger partial charge in [0.2, 0.25) is 0 Å². The quantitative estimate of drug-likeness (QED) is 0.811. The first kappa shape index (κ1) is 10.7. The molecule has 1 heterocycles. The summed E-state index contributed by atoms with van der Waals surface area (Å²) in [5.41, 5.74) is 0.944. The van der Waals surface area contributed by atoms with Crippen molar-refractivity contribution in [2.75, 3.05) is 13.2 Å². The first-order chi connectivity index (χ1) is 7.18. The number of carboxylic acid groups (broad SMARTS) is 1. The predicted molar refractivity (Wildman–Crippen MR) is 58.4 cm³/mol. The number of carbonyl (C=O) groups is 1. The first-order valence-electron chi connectivity index (χ1n) is 4.44. The smallest absolute Gasteiger partial charge is 0.478 e. The highest BCUT2D eigenvalue weighted by atomic mass is 79.9. The van der Waals surface area contributed by atoms with Crippen molar-refractivity contribution in [2.24, 2.45) is 0 Å². The van der Waals surface area contributed by atoms with Crippen molar-refractivity contribution in [1.29, 1.82) is 0 Å². The van der Waals surface area contributed by atoms with Gasteiger partial charge in [0.15, 0.2) is 0 Å². The van der Waals surface area contributed by atoms with Gasteiger partial charge < -0.3 is 14.4 Å². The van der Waals surface area contributed by atoms with Crippen molar-refractivity contribution in [3.8, 4) is 0 Å². The van der Waals surface area contributed by atoms with Crippen molar-refractivity contribution in [1.82, 2.24) is 0 Å². The number of carboxylic acids is 1. The molecule has 0 unspecified atom stereocenters. The molecule has 0 aromatic heterocycles.